The van der Waals surface area contributed by atoms with Crippen molar-refractivity contribution in [3.63, 3.8) is 0 Å². The van der Waals surface area contributed by atoms with E-state index < -0.39 is 15.8 Å². The molecule has 10 heteroatoms. The molecule has 27 heavy (non-hydrogen) atoms. The first kappa shape index (κ1) is 16.9. The molecule has 3 N–H and O–H groups in total. The molecule has 0 saturated carbocycles. The van der Waals surface area contributed by atoms with Gasteiger partial charge in [-0.1, -0.05) is 12.1 Å². The maximum absolute atomic E-state index is 13.8. The summed E-state index contributed by atoms with van der Waals surface area (Å²) in [6.45, 7) is 0. The van der Waals surface area contributed by atoms with Crippen molar-refractivity contribution in [1.29, 1.82) is 0 Å². The van der Waals surface area contributed by atoms with Gasteiger partial charge < -0.3 is 5.73 Å². The molecule has 3 aromatic heterocycles. The number of nitrogens with zero attached hydrogens (tertiary/aromatic N) is 4. The van der Waals surface area contributed by atoms with Crippen LogP contribution in [0.15, 0.2) is 66.0 Å². The lowest BCUT2D eigenvalue weighted by Crippen LogP contribution is -2.14. The Morgan fingerprint density at radius 3 is 2.70 bits per heavy atom. The van der Waals surface area contributed by atoms with Gasteiger partial charge in [0.1, 0.15) is 10.7 Å². The molecule has 4 rings (SSSR count). The van der Waals surface area contributed by atoms with Gasteiger partial charge in [-0.25, -0.2) is 17.3 Å². The standard InChI is InChI=1S/C17H13FN6O2S/c18-14-3-1-2-4-15(14)23-27(25,26)13-7-12(8-20-9-13)11-5-6-16-21-17(19)22-24(16)10-11/h1-10,23H,(H2,19,22). The van der Waals surface area contributed by atoms with Gasteiger partial charge in [-0.3, -0.25) is 9.71 Å². The van der Waals surface area contributed by atoms with Gasteiger partial charge in [0, 0.05) is 29.7 Å². The highest BCUT2D eigenvalue weighted by Gasteiger charge is 2.17. The van der Waals surface area contributed by atoms with E-state index in [0.29, 0.717) is 16.8 Å². The van der Waals surface area contributed by atoms with Crippen molar-refractivity contribution in [2.45, 2.75) is 4.90 Å². The second-order valence-corrected chi connectivity index (χ2v) is 7.37. The van der Waals surface area contributed by atoms with Crippen LogP contribution in [0.1, 0.15) is 0 Å². The predicted octanol–water partition coefficient (Wildman–Crippen LogP) is 2.31. The number of pyridine rings is 2. The molecule has 136 valence electrons. The number of anilines is 2. The highest BCUT2D eigenvalue weighted by atomic mass is 32.2. The summed E-state index contributed by atoms with van der Waals surface area (Å²) in [5, 5.41) is 4.03. The molecular formula is C17H13FN6O2S. The van der Waals surface area contributed by atoms with Crippen LogP contribution >= 0.6 is 0 Å². The van der Waals surface area contributed by atoms with Gasteiger partial charge in [0.25, 0.3) is 10.0 Å². The van der Waals surface area contributed by atoms with Gasteiger partial charge in [-0.15, -0.1) is 5.10 Å². The fourth-order valence-corrected chi connectivity index (χ4v) is 3.60. The Kier molecular flexibility index (Phi) is 3.96. The summed E-state index contributed by atoms with van der Waals surface area (Å²) >= 11 is 0. The van der Waals surface area contributed by atoms with E-state index in [9.17, 15) is 12.8 Å². The van der Waals surface area contributed by atoms with E-state index in [0.717, 1.165) is 0 Å². The first-order valence-corrected chi connectivity index (χ1v) is 9.25. The summed E-state index contributed by atoms with van der Waals surface area (Å²) in [7, 11) is -4.01. The van der Waals surface area contributed by atoms with E-state index in [2.05, 4.69) is 19.8 Å². The van der Waals surface area contributed by atoms with Crippen LogP contribution in [0.5, 0.6) is 0 Å². The average molecular weight is 384 g/mol. The minimum absolute atomic E-state index is 0.0959. The molecule has 4 aromatic rings. The molecule has 3 heterocycles. The maximum Gasteiger partial charge on any atom is 0.263 e. The quantitative estimate of drug-likeness (QED) is 0.558. The maximum atomic E-state index is 13.8. The summed E-state index contributed by atoms with van der Waals surface area (Å²) in [6.07, 6.45) is 4.37. The number of rotatable bonds is 4. The number of aromatic nitrogens is 4. The number of nitrogens with two attached hydrogens (primary N) is 1. The van der Waals surface area contributed by atoms with E-state index in [4.69, 9.17) is 5.73 Å². The van der Waals surface area contributed by atoms with Crippen molar-refractivity contribution in [1.82, 2.24) is 19.6 Å². The van der Waals surface area contributed by atoms with Crippen molar-refractivity contribution >= 4 is 27.3 Å². The molecule has 0 aliphatic heterocycles. The third-order valence-corrected chi connectivity index (χ3v) is 5.15. The Balaban J connectivity index is 1.71. The zero-order valence-corrected chi connectivity index (χ0v) is 14.6. The molecule has 0 bridgehead atoms. The molecule has 0 fully saturated rings. The Morgan fingerprint density at radius 1 is 1.07 bits per heavy atom. The lowest BCUT2D eigenvalue weighted by molar-refractivity contribution is 0.598. The van der Waals surface area contributed by atoms with Crippen LogP contribution in [0, 0.1) is 5.82 Å². The number of benzene rings is 1. The number of hydrogen-bond acceptors (Lipinski definition) is 6. The lowest BCUT2D eigenvalue weighted by atomic mass is 10.1. The molecule has 0 amide bonds. The monoisotopic (exact) mass is 384 g/mol. The first-order chi connectivity index (χ1) is 12.9. The molecule has 0 atom stereocenters. The largest absolute Gasteiger partial charge is 0.366 e. The third kappa shape index (κ3) is 3.29. The molecular weight excluding hydrogens is 371 g/mol. The smallest absolute Gasteiger partial charge is 0.263 e. The van der Waals surface area contributed by atoms with Crippen LogP contribution < -0.4 is 10.5 Å². The van der Waals surface area contributed by atoms with Gasteiger partial charge >= 0.3 is 0 Å². The Morgan fingerprint density at radius 2 is 1.89 bits per heavy atom. The zero-order chi connectivity index (χ0) is 19.0. The molecule has 8 nitrogen and oxygen atoms in total. The zero-order valence-electron chi connectivity index (χ0n) is 13.7. The molecule has 0 saturated heterocycles. The summed E-state index contributed by atoms with van der Waals surface area (Å²) < 4.78 is 42.7. The van der Waals surface area contributed by atoms with Crippen molar-refractivity contribution < 1.29 is 12.8 Å². The lowest BCUT2D eigenvalue weighted by Gasteiger charge is -2.10. The number of para-hydroxylation sites is 1. The van der Waals surface area contributed by atoms with Crippen LogP contribution in [0.3, 0.4) is 0 Å². The molecule has 0 aliphatic carbocycles. The van der Waals surface area contributed by atoms with Crippen LogP contribution in [0.4, 0.5) is 16.0 Å². The summed E-state index contributed by atoms with van der Waals surface area (Å²) in [4.78, 5) is 7.93. The number of nitrogens with one attached hydrogen (secondary N) is 1. The summed E-state index contributed by atoms with van der Waals surface area (Å²) in [6, 6.07) is 10.4. The number of nitrogen functional groups attached to an aromatic ring is 1. The SMILES string of the molecule is Nc1nc2ccc(-c3cncc(S(=O)(=O)Nc4ccccc4F)c3)cn2n1. The van der Waals surface area contributed by atoms with Crippen molar-refractivity contribution in [3.05, 3.63) is 66.9 Å². The van der Waals surface area contributed by atoms with E-state index in [1.807, 2.05) is 0 Å². The van der Waals surface area contributed by atoms with Gasteiger partial charge in [-0.05, 0) is 30.3 Å². The van der Waals surface area contributed by atoms with Crippen LogP contribution in [-0.4, -0.2) is 28.0 Å². The van der Waals surface area contributed by atoms with Gasteiger partial charge in [0.05, 0.1) is 5.69 Å². The predicted molar refractivity (Wildman–Crippen MR) is 97.8 cm³/mol. The minimum atomic E-state index is -4.01. The van der Waals surface area contributed by atoms with Crippen molar-refractivity contribution in [2.24, 2.45) is 0 Å². The topological polar surface area (TPSA) is 115 Å². The minimum Gasteiger partial charge on any atom is -0.366 e. The Labute approximate surface area is 153 Å². The number of halogens is 1. The van der Waals surface area contributed by atoms with Crippen molar-refractivity contribution in [3.8, 4) is 11.1 Å². The van der Waals surface area contributed by atoms with Gasteiger partial charge in [0.2, 0.25) is 5.95 Å². The highest BCUT2D eigenvalue weighted by Crippen LogP contribution is 2.24. The highest BCUT2D eigenvalue weighted by molar-refractivity contribution is 7.92. The van der Waals surface area contributed by atoms with E-state index in [1.54, 1.807) is 18.3 Å². The van der Waals surface area contributed by atoms with Crippen LogP contribution in [-0.2, 0) is 10.0 Å². The third-order valence-electron chi connectivity index (χ3n) is 3.82. The van der Waals surface area contributed by atoms with Crippen LogP contribution in [0.2, 0.25) is 0 Å². The fraction of sp³-hybridized carbons (Fsp3) is 0. The molecule has 0 unspecified atom stereocenters. The van der Waals surface area contributed by atoms with E-state index >= 15 is 0 Å². The Hall–Kier alpha value is -3.53. The van der Waals surface area contributed by atoms with E-state index in [1.165, 1.54) is 47.2 Å². The first-order valence-electron chi connectivity index (χ1n) is 7.77. The van der Waals surface area contributed by atoms with Gasteiger partial charge in [0.15, 0.2) is 5.65 Å². The molecule has 1 aromatic carbocycles. The number of hydrogen-bond donors (Lipinski definition) is 2. The van der Waals surface area contributed by atoms with Crippen molar-refractivity contribution in [2.75, 3.05) is 10.5 Å². The molecule has 0 radical (unpaired) electrons. The van der Waals surface area contributed by atoms with Crippen LogP contribution in [0.25, 0.3) is 16.8 Å². The number of sulfonamides is 1. The average Bonchev–Trinajstić information content (AvgIpc) is 3.03. The summed E-state index contributed by atoms with van der Waals surface area (Å²) in [5.41, 5.74) is 7.21. The molecule has 0 spiro atoms. The molecule has 0 aliphatic rings. The number of fused-ring (bicyclic) bond motifs is 1. The Bertz CT molecular complexity index is 1260. The second-order valence-electron chi connectivity index (χ2n) is 5.69. The van der Waals surface area contributed by atoms with E-state index in [-0.39, 0.29) is 16.5 Å². The normalized spacial score (nSPS) is 11.6. The fourth-order valence-electron chi connectivity index (χ4n) is 2.54. The summed E-state index contributed by atoms with van der Waals surface area (Å²) in [5.74, 6) is -0.532. The second kappa shape index (κ2) is 6.32. The van der Waals surface area contributed by atoms with Gasteiger partial charge in [-0.2, -0.15) is 4.98 Å².